The maximum atomic E-state index is 12.0. The minimum Gasteiger partial charge on any atom is -0.496 e. The molecule has 140 valence electrons. The van der Waals surface area contributed by atoms with Crippen LogP contribution in [0, 0.1) is 0 Å². The average Bonchev–Trinajstić information content (AvgIpc) is 2.55. The highest BCUT2D eigenvalue weighted by Gasteiger charge is 2.18. The van der Waals surface area contributed by atoms with Gasteiger partial charge in [-0.2, -0.15) is 0 Å². The quantitative estimate of drug-likeness (QED) is 0.467. The molecule has 0 spiro atoms. The van der Waals surface area contributed by atoms with Crippen molar-refractivity contribution in [3.63, 3.8) is 0 Å². The Kier molecular flexibility index (Phi) is 8.70. The summed E-state index contributed by atoms with van der Waals surface area (Å²) >= 11 is 0. The predicted molar refractivity (Wildman–Crippen MR) is 102 cm³/mol. The topological polar surface area (TPSA) is 44.8 Å². The molecule has 1 aromatic rings. The molecule has 0 radical (unpaired) electrons. The summed E-state index contributed by atoms with van der Waals surface area (Å²) in [6, 6.07) is 5.96. The first kappa shape index (κ1) is 21.2. The maximum absolute atomic E-state index is 12.0. The van der Waals surface area contributed by atoms with E-state index >= 15 is 0 Å². The fraction of sp³-hybridized carbons (Fsp3) is 0.571. The van der Waals surface area contributed by atoms with E-state index in [9.17, 15) is 4.79 Å². The molecule has 1 aromatic carbocycles. The molecule has 0 aromatic heterocycles. The Hall–Kier alpha value is -1.81. The van der Waals surface area contributed by atoms with Gasteiger partial charge >= 0.3 is 5.97 Å². The van der Waals surface area contributed by atoms with Gasteiger partial charge in [-0.25, -0.2) is 4.79 Å². The number of hydrogen-bond acceptors (Lipinski definition) is 4. The number of esters is 1. The van der Waals surface area contributed by atoms with E-state index in [1.165, 1.54) is 6.08 Å². The van der Waals surface area contributed by atoms with Crippen molar-refractivity contribution in [2.75, 3.05) is 20.8 Å². The standard InChI is InChI=1S/C21H32O4/c1-7-8-10-16(15-23-5)17-11-9-12-19(24-6)18(17)13-14-20(22)25-21(2,3)4/h9,11-14,16H,7-8,10,15H2,1-6H3/b14-13+. The number of methoxy groups -OCH3 is 2. The number of carbonyl (C=O) groups is 1. The zero-order valence-electron chi connectivity index (χ0n) is 16.4. The molecule has 1 rings (SSSR count). The molecule has 4 heteroatoms. The van der Waals surface area contributed by atoms with Crippen molar-refractivity contribution >= 4 is 12.0 Å². The van der Waals surface area contributed by atoms with E-state index in [-0.39, 0.29) is 11.9 Å². The van der Waals surface area contributed by atoms with E-state index in [0.29, 0.717) is 6.61 Å². The summed E-state index contributed by atoms with van der Waals surface area (Å²) in [5.74, 6) is 0.648. The van der Waals surface area contributed by atoms with Gasteiger partial charge in [-0.15, -0.1) is 0 Å². The SMILES string of the molecule is CCCCC(COC)c1cccc(OC)c1/C=C/C(=O)OC(C)(C)C. The van der Waals surface area contributed by atoms with E-state index in [0.717, 1.165) is 36.1 Å². The summed E-state index contributed by atoms with van der Waals surface area (Å²) in [4.78, 5) is 12.0. The molecule has 4 nitrogen and oxygen atoms in total. The van der Waals surface area contributed by atoms with Crippen LogP contribution in [-0.4, -0.2) is 32.4 Å². The third kappa shape index (κ3) is 7.30. The second-order valence-electron chi connectivity index (χ2n) is 7.12. The van der Waals surface area contributed by atoms with Crippen molar-refractivity contribution in [2.24, 2.45) is 0 Å². The summed E-state index contributed by atoms with van der Waals surface area (Å²) < 4.78 is 16.3. The van der Waals surface area contributed by atoms with Gasteiger partial charge in [-0.05, 0) is 44.9 Å². The minimum absolute atomic E-state index is 0.262. The first-order valence-electron chi connectivity index (χ1n) is 8.89. The summed E-state index contributed by atoms with van der Waals surface area (Å²) in [5, 5.41) is 0. The van der Waals surface area contributed by atoms with Crippen LogP contribution in [0.1, 0.15) is 64.0 Å². The lowest BCUT2D eigenvalue weighted by Gasteiger charge is -2.21. The summed E-state index contributed by atoms with van der Waals surface area (Å²) in [6.07, 6.45) is 6.55. The molecule has 0 amide bonds. The Bertz CT molecular complexity index is 570. The van der Waals surface area contributed by atoms with Crippen molar-refractivity contribution in [2.45, 2.75) is 58.5 Å². The highest BCUT2D eigenvalue weighted by atomic mass is 16.6. The first-order chi connectivity index (χ1) is 11.8. The van der Waals surface area contributed by atoms with Crippen molar-refractivity contribution in [3.8, 4) is 5.75 Å². The van der Waals surface area contributed by atoms with Crippen LogP contribution in [0.15, 0.2) is 24.3 Å². The van der Waals surface area contributed by atoms with Gasteiger partial charge in [-0.3, -0.25) is 0 Å². The molecular formula is C21H32O4. The summed E-state index contributed by atoms with van der Waals surface area (Å²) in [5.41, 5.74) is 1.54. The maximum Gasteiger partial charge on any atom is 0.331 e. The lowest BCUT2D eigenvalue weighted by molar-refractivity contribution is -0.148. The fourth-order valence-corrected chi connectivity index (χ4v) is 2.74. The van der Waals surface area contributed by atoms with Crippen LogP contribution in [-0.2, 0) is 14.3 Å². The van der Waals surface area contributed by atoms with Crippen LogP contribution in [0.4, 0.5) is 0 Å². The van der Waals surface area contributed by atoms with Gasteiger partial charge in [-0.1, -0.05) is 31.9 Å². The van der Waals surface area contributed by atoms with Gasteiger partial charge < -0.3 is 14.2 Å². The average molecular weight is 348 g/mol. The molecule has 0 bridgehead atoms. The highest BCUT2D eigenvalue weighted by molar-refractivity contribution is 5.88. The van der Waals surface area contributed by atoms with E-state index in [1.807, 2.05) is 32.9 Å². The number of benzene rings is 1. The van der Waals surface area contributed by atoms with Gasteiger partial charge in [0.05, 0.1) is 13.7 Å². The number of rotatable bonds is 9. The molecule has 0 aliphatic heterocycles. The van der Waals surface area contributed by atoms with Crippen molar-refractivity contribution in [1.82, 2.24) is 0 Å². The second-order valence-corrected chi connectivity index (χ2v) is 7.12. The molecule has 1 atom stereocenters. The zero-order valence-corrected chi connectivity index (χ0v) is 16.4. The van der Waals surface area contributed by atoms with Crippen LogP contribution in [0.2, 0.25) is 0 Å². The van der Waals surface area contributed by atoms with Crippen LogP contribution in [0.3, 0.4) is 0 Å². The summed E-state index contributed by atoms with van der Waals surface area (Å²) in [7, 11) is 3.36. The summed E-state index contributed by atoms with van der Waals surface area (Å²) in [6.45, 7) is 8.38. The monoisotopic (exact) mass is 348 g/mol. The van der Waals surface area contributed by atoms with Gasteiger partial charge in [0.1, 0.15) is 11.4 Å². The normalized spacial score (nSPS) is 13.0. The van der Waals surface area contributed by atoms with Crippen LogP contribution in [0.5, 0.6) is 5.75 Å². The number of hydrogen-bond donors (Lipinski definition) is 0. The molecule has 0 heterocycles. The minimum atomic E-state index is -0.509. The van der Waals surface area contributed by atoms with Gasteiger partial charge in [0.2, 0.25) is 0 Å². The molecule has 1 unspecified atom stereocenters. The van der Waals surface area contributed by atoms with Crippen LogP contribution >= 0.6 is 0 Å². The van der Waals surface area contributed by atoms with Crippen LogP contribution < -0.4 is 4.74 Å². The van der Waals surface area contributed by atoms with E-state index < -0.39 is 5.60 Å². The molecule has 0 saturated carbocycles. The molecule has 25 heavy (non-hydrogen) atoms. The second kappa shape index (κ2) is 10.2. The zero-order chi connectivity index (χ0) is 18.9. The Labute approximate surface area is 152 Å². The molecule has 0 fully saturated rings. The Morgan fingerprint density at radius 2 is 1.96 bits per heavy atom. The molecule has 0 aliphatic rings. The molecule has 0 N–H and O–H groups in total. The Morgan fingerprint density at radius 1 is 1.24 bits per heavy atom. The highest BCUT2D eigenvalue weighted by Crippen LogP contribution is 2.32. The van der Waals surface area contributed by atoms with Crippen molar-refractivity contribution in [1.29, 1.82) is 0 Å². The number of carbonyl (C=O) groups excluding carboxylic acids is 1. The Morgan fingerprint density at radius 3 is 2.52 bits per heavy atom. The smallest absolute Gasteiger partial charge is 0.331 e. The molecular weight excluding hydrogens is 316 g/mol. The van der Waals surface area contributed by atoms with Gasteiger partial charge in [0.25, 0.3) is 0 Å². The Balaban J connectivity index is 3.16. The number of ether oxygens (including phenoxy) is 3. The van der Waals surface area contributed by atoms with Crippen LogP contribution in [0.25, 0.3) is 6.08 Å². The van der Waals surface area contributed by atoms with E-state index in [2.05, 4.69) is 13.0 Å². The van der Waals surface area contributed by atoms with Crippen molar-refractivity contribution < 1.29 is 19.0 Å². The van der Waals surface area contributed by atoms with E-state index in [4.69, 9.17) is 14.2 Å². The number of unbranched alkanes of at least 4 members (excludes halogenated alkanes) is 1. The predicted octanol–water partition coefficient (Wildman–Crippen LogP) is 4.97. The lowest BCUT2D eigenvalue weighted by Crippen LogP contribution is -2.22. The van der Waals surface area contributed by atoms with Crippen molar-refractivity contribution in [3.05, 3.63) is 35.4 Å². The van der Waals surface area contributed by atoms with Gasteiger partial charge in [0.15, 0.2) is 0 Å². The largest absolute Gasteiger partial charge is 0.496 e. The molecule has 0 saturated heterocycles. The van der Waals surface area contributed by atoms with E-state index in [1.54, 1.807) is 20.3 Å². The third-order valence-electron chi connectivity index (χ3n) is 3.83. The fourth-order valence-electron chi connectivity index (χ4n) is 2.74. The molecule has 0 aliphatic carbocycles. The first-order valence-corrected chi connectivity index (χ1v) is 8.89. The van der Waals surface area contributed by atoms with Gasteiger partial charge in [0, 0.05) is 24.7 Å². The lowest BCUT2D eigenvalue weighted by atomic mass is 9.89. The third-order valence-corrected chi connectivity index (χ3v) is 3.83.